The summed E-state index contributed by atoms with van der Waals surface area (Å²) in [5, 5.41) is 0.855. The van der Waals surface area contributed by atoms with Gasteiger partial charge in [0.05, 0.1) is 10.4 Å². The third kappa shape index (κ3) is 2.61. The smallest absolute Gasteiger partial charge is 0.268 e. The second kappa shape index (κ2) is 6.55. The van der Waals surface area contributed by atoms with E-state index in [1.165, 1.54) is 3.97 Å². The highest BCUT2D eigenvalue weighted by molar-refractivity contribution is 7.90. The molecule has 0 bridgehead atoms. The van der Waals surface area contributed by atoms with E-state index >= 15 is 0 Å². The minimum atomic E-state index is -3.82. The van der Waals surface area contributed by atoms with Crippen LogP contribution < -0.4 is 0 Å². The maximum absolute atomic E-state index is 13.7. The van der Waals surface area contributed by atoms with Crippen molar-refractivity contribution < 1.29 is 13.2 Å². The third-order valence-corrected chi connectivity index (χ3v) is 9.15. The Morgan fingerprint density at radius 1 is 1.06 bits per heavy atom. The lowest BCUT2D eigenvalue weighted by Gasteiger charge is -2.42. The van der Waals surface area contributed by atoms with E-state index in [-0.39, 0.29) is 16.1 Å². The first-order valence-corrected chi connectivity index (χ1v) is 12.4. The summed E-state index contributed by atoms with van der Waals surface area (Å²) in [6, 6.07) is 12.7. The van der Waals surface area contributed by atoms with Crippen LogP contribution in [0.2, 0.25) is 0 Å². The van der Waals surface area contributed by atoms with Crippen LogP contribution in [0.25, 0.3) is 16.5 Å². The normalized spacial score (nSPS) is 22.2. The lowest BCUT2D eigenvalue weighted by molar-refractivity contribution is -0.120. The molecule has 164 valence electrons. The third-order valence-electron chi connectivity index (χ3n) is 7.46. The lowest BCUT2D eigenvalue weighted by Crippen LogP contribution is -2.37. The molecule has 1 unspecified atom stereocenters. The second-order valence-electron chi connectivity index (χ2n) is 9.79. The minimum Gasteiger partial charge on any atom is -0.293 e. The van der Waals surface area contributed by atoms with Crippen LogP contribution in [-0.2, 0) is 20.2 Å². The molecule has 3 aromatic rings. The van der Waals surface area contributed by atoms with E-state index in [0.29, 0.717) is 17.5 Å². The number of fused-ring (bicyclic) bond motifs is 1. The molecule has 5 heteroatoms. The average molecular weight is 446 g/mol. The number of aromatic nitrogens is 1. The van der Waals surface area contributed by atoms with Crippen molar-refractivity contribution >= 4 is 32.3 Å². The fourth-order valence-electron chi connectivity index (χ4n) is 5.30. The van der Waals surface area contributed by atoms with E-state index < -0.39 is 15.4 Å². The predicted molar refractivity (Wildman–Crippen MR) is 128 cm³/mol. The van der Waals surface area contributed by atoms with Crippen LogP contribution in [0.3, 0.4) is 0 Å². The number of carbonyl (C=O) groups excluding carboxylic acids is 1. The summed E-state index contributed by atoms with van der Waals surface area (Å²) in [6.45, 7) is 12.0. The van der Waals surface area contributed by atoms with Crippen LogP contribution in [0.5, 0.6) is 0 Å². The van der Waals surface area contributed by atoms with Gasteiger partial charge in [0.25, 0.3) is 10.0 Å². The highest BCUT2D eigenvalue weighted by atomic mass is 32.2. The summed E-state index contributed by atoms with van der Waals surface area (Å²) < 4.78 is 28.7. The first-order valence-electron chi connectivity index (χ1n) is 10.9. The average Bonchev–Trinajstić information content (AvgIpc) is 3.15. The number of Topliss-reactive ketones (excluding diaryl/α,β-unsaturated/α-hetero) is 1. The highest BCUT2D eigenvalue weighted by Gasteiger charge is 2.46. The molecule has 4 nitrogen and oxygen atoms in total. The van der Waals surface area contributed by atoms with Crippen molar-refractivity contribution in [1.29, 1.82) is 0 Å². The Bertz CT molecular complexity index is 1450. The van der Waals surface area contributed by atoms with Gasteiger partial charge in [0.1, 0.15) is 0 Å². The standard InChI is InChI=1S/C27H27NO3S/c1-6-27(5)15-14-21-24(25(27)29)19-16-28(32(30,31)18-12-10-17(2)11-13-18)22-9-7-8-20(23(19)22)26(21,3)4/h6-13,16H,1,14-15H2,2-5H3. The Kier molecular flexibility index (Phi) is 4.29. The predicted octanol–water partition coefficient (Wildman–Crippen LogP) is 5.79. The van der Waals surface area contributed by atoms with Crippen molar-refractivity contribution in [2.45, 2.75) is 50.8 Å². The van der Waals surface area contributed by atoms with Crippen molar-refractivity contribution in [3.05, 3.63) is 83.6 Å². The van der Waals surface area contributed by atoms with Gasteiger partial charge in [-0.05, 0) is 56.0 Å². The highest BCUT2D eigenvalue weighted by Crippen LogP contribution is 2.54. The number of hydrogen-bond acceptors (Lipinski definition) is 3. The van der Waals surface area contributed by atoms with Gasteiger partial charge in [0.2, 0.25) is 0 Å². The molecular formula is C27H27NO3S. The molecule has 0 spiro atoms. The molecule has 2 aromatic carbocycles. The Labute approximate surface area is 189 Å². The molecule has 0 fully saturated rings. The van der Waals surface area contributed by atoms with Gasteiger partial charge in [-0.25, -0.2) is 12.4 Å². The first kappa shape index (κ1) is 21.0. The summed E-state index contributed by atoms with van der Waals surface area (Å²) in [5.41, 5.74) is 4.14. The van der Waals surface area contributed by atoms with E-state index in [4.69, 9.17) is 0 Å². The van der Waals surface area contributed by atoms with E-state index in [1.54, 1.807) is 36.5 Å². The number of ketones is 1. The van der Waals surface area contributed by atoms with Gasteiger partial charge in [-0.1, -0.05) is 49.8 Å². The zero-order valence-electron chi connectivity index (χ0n) is 18.9. The topological polar surface area (TPSA) is 56.1 Å². The SMILES string of the molecule is C=CC1(C)CCC2=C(C1=O)c1cn(S(=O)(=O)c3ccc(C)cc3)c3cccc(c13)C2(C)C. The molecule has 2 aliphatic carbocycles. The lowest BCUT2D eigenvalue weighted by atomic mass is 9.60. The largest absolute Gasteiger partial charge is 0.293 e. The zero-order valence-corrected chi connectivity index (χ0v) is 19.7. The summed E-state index contributed by atoms with van der Waals surface area (Å²) in [6.07, 6.45) is 4.89. The van der Waals surface area contributed by atoms with Gasteiger partial charge in [-0.2, -0.15) is 0 Å². The first-order chi connectivity index (χ1) is 15.0. The molecule has 5 rings (SSSR count). The molecule has 0 saturated heterocycles. The van der Waals surface area contributed by atoms with Crippen LogP contribution in [-0.4, -0.2) is 18.2 Å². The maximum atomic E-state index is 13.7. The molecule has 0 amide bonds. The van der Waals surface area contributed by atoms with E-state index in [9.17, 15) is 13.2 Å². The van der Waals surface area contributed by atoms with Crippen molar-refractivity contribution in [2.75, 3.05) is 0 Å². The molecule has 0 saturated carbocycles. The van der Waals surface area contributed by atoms with Crippen molar-refractivity contribution in [3.8, 4) is 0 Å². The summed E-state index contributed by atoms with van der Waals surface area (Å²) >= 11 is 0. The van der Waals surface area contributed by atoms with Gasteiger partial charge in [0, 0.05) is 33.5 Å². The van der Waals surface area contributed by atoms with Gasteiger partial charge in [0.15, 0.2) is 5.78 Å². The number of nitrogens with zero attached hydrogens (tertiary/aromatic N) is 1. The van der Waals surface area contributed by atoms with Crippen molar-refractivity contribution in [2.24, 2.45) is 5.41 Å². The molecular weight excluding hydrogens is 418 g/mol. The Hall–Kier alpha value is -2.92. The molecule has 1 heterocycles. The summed E-state index contributed by atoms with van der Waals surface area (Å²) in [7, 11) is -3.82. The van der Waals surface area contributed by atoms with Crippen LogP contribution >= 0.6 is 0 Å². The quantitative estimate of drug-likeness (QED) is 0.480. The summed E-state index contributed by atoms with van der Waals surface area (Å²) in [5.74, 6) is 0.0307. The maximum Gasteiger partial charge on any atom is 0.268 e. The van der Waals surface area contributed by atoms with E-state index in [0.717, 1.165) is 34.1 Å². The summed E-state index contributed by atoms with van der Waals surface area (Å²) in [4.78, 5) is 14.0. The Morgan fingerprint density at radius 3 is 2.41 bits per heavy atom. The van der Waals surface area contributed by atoms with Crippen LogP contribution in [0.4, 0.5) is 0 Å². The van der Waals surface area contributed by atoms with Gasteiger partial charge >= 0.3 is 0 Å². The molecule has 0 N–H and O–H groups in total. The van der Waals surface area contributed by atoms with Crippen LogP contribution in [0, 0.1) is 12.3 Å². The molecule has 0 aliphatic heterocycles. The zero-order chi connectivity index (χ0) is 23.1. The van der Waals surface area contributed by atoms with Gasteiger partial charge < -0.3 is 0 Å². The van der Waals surface area contributed by atoms with Crippen LogP contribution in [0.1, 0.15) is 50.3 Å². The fraction of sp³-hybridized carbons (Fsp3) is 0.296. The molecule has 1 atom stereocenters. The fourth-order valence-corrected chi connectivity index (χ4v) is 6.67. The second-order valence-corrected chi connectivity index (χ2v) is 11.6. The number of carbonyl (C=O) groups is 1. The van der Waals surface area contributed by atoms with Gasteiger partial charge in [-0.15, -0.1) is 6.58 Å². The van der Waals surface area contributed by atoms with E-state index in [1.807, 2.05) is 26.0 Å². The number of allylic oxidation sites excluding steroid dienone is 3. The monoisotopic (exact) mass is 445 g/mol. The Morgan fingerprint density at radius 2 is 1.75 bits per heavy atom. The minimum absolute atomic E-state index is 0.0307. The van der Waals surface area contributed by atoms with Gasteiger partial charge in [-0.3, -0.25) is 4.79 Å². The number of hydrogen-bond donors (Lipinski definition) is 0. The van der Waals surface area contributed by atoms with Crippen molar-refractivity contribution in [3.63, 3.8) is 0 Å². The molecule has 1 aromatic heterocycles. The number of rotatable bonds is 3. The van der Waals surface area contributed by atoms with Crippen molar-refractivity contribution in [1.82, 2.24) is 3.97 Å². The number of aryl methyl sites for hydroxylation is 1. The molecule has 0 radical (unpaired) electrons. The molecule has 2 aliphatic rings. The van der Waals surface area contributed by atoms with Crippen LogP contribution in [0.15, 0.2) is 71.8 Å². The number of benzene rings is 2. The molecule has 32 heavy (non-hydrogen) atoms. The van der Waals surface area contributed by atoms with E-state index in [2.05, 4.69) is 26.5 Å². The Balaban J connectivity index is 1.85.